The molecule has 2 heterocycles. The Hall–Kier alpha value is -4.05. The molecule has 0 saturated carbocycles. The predicted molar refractivity (Wildman–Crippen MR) is 118 cm³/mol. The number of halogens is 3. The molecule has 34 heavy (non-hydrogen) atoms. The Bertz CT molecular complexity index is 1360. The van der Waals surface area contributed by atoms with Crippen LogP contribution in [0.4, 0.5) is 18.9 Å². The molecule has 0 spiro atoms. The highest BCUT2D eigenvalue weighted by Crippen LogP contribution is 2.36. The van der Waals surface area contributed by atoms with Gasteiger partial charge >= 0.3 is 6.18 Å². The monoisotopic (exact) mass is 468 g/mol. The van der Waals surface area contributed by atoms with Crippen molar-refractivity contribution in [1.82, 2.24) is 15.2 Å². The van der Waals surface area contributed by atoms with Crippen LogP contribution in [0.25, 0.3) is 10.9 Å². The summed E-state index contributed by atoms with van der Waals surface area (Å²) in [4.78, 5) is 27.4. The Labute approximate surface area is 191 Å². The van der Waals surface area contributed by atoms with Crippen molar-refractivity contribution in [3.8, 4) is 0 Å². The number of aromatic nitrogens is 3. The largest absolute Gasteiger partial charge is 0.418 e. The molecule has 0 bridgehead atoms. The molecule has 174 valence electrons. The minimum atomic E-state index is -4.77. The van der Waals surface area contributed by atoms with Crippen LogP contribution in [-0.2, 0) is 18.2 Å². The van der Waals surface area contributed by atoms with Crippen molar-refractivity contribution in [2.75, 3.05) is 5.32 Å². The van der Waals surface area contributed by atoms with Crippen LogP contribution in [-0.4, -0.2) is 32.5 Å². The van der Waals surface area contributed by atoms with Crippen molar-refractivity contribution < 1.29 is 27.9 Å². The third kappa shape index (κ3) is 4.67. The van der Waals surface area contributed by atoms with Crippen molar-refractivity contribution in [2.24, 2.45) is 0 Å². The Balaban J connectivity index is 1.73. The van der Waals surface area contributed by atoms with Gasteiger partial charge in [-0.3, -0.25) is 19.7 Å². The molecule has 3 N–H and O–H groups in total. The molecule has 10 heteroatoms. The number of benzene rings is 2. The van der Waals surface area contributed by atoms with Crippen molar-refractivity contribution >= 4 is 28.8 Å². The number of aliphatic hydroxyl groups is 1. The molecule has 2 aromatic heterocycles. The van der Waals surface area contributed by atoms with E-state index in [1.54, 1.807) is 30.3 Å². The highest BCUT2D eigenvalue weighted by atomic mass is 19.4. The standard InChI is InChI=1S/C24H19F3N4O3/c1-23(34,11-14-4-6-15(13-32)7-5-14)18-10-19-16(12-29-31-19)9-20(18)30-22(33)21-17(24(25,26)27)3-2-8-28-21/h2-10,12-13,34H,11H2,1H3,(H,29,31)(H,30,33). The first-order valence-electron chi connectivity index (χ1n) is 10.2. The van der Waals surface area contributed by atoms with E-state index in [0.29, 0.717) is 28.3 Å². The highest BCUT2D eigenvalue weighted by molar-refractivity contribution is 6.05. The maximum atomic E-state index is 13.4. The van der Waals surface area contributed by atoms with Gasteiger partial charge < -0.3 is 10.4 Å². The van der Waals surface area contributed by atoms with Gasteiger partial charge in [-0.15, -0.1) is 0 Å². The number of fused-ring (bicyclic) bond motifs is 1. The number of H-pyrrole nitrogens is 1. The summed E-state index contributed by atoms with van der Waals surface area (Å²) in [6.07, 6.45) is -1.37. The molecule has 0 fully saturated rings. The first-order valence-corrected chi connectivity index (χ1v) is 10.2. The third-order valence-electron chi connectivity index (χ3n) is 5.40. The highest BCUT2D eigenvalue weighted by Gasteiger charge is 2.36. The third-order valence-corrected chi connectivity index (χ3v) is 5.40. The molecule has 0 radical (unpaired) electrons. The zero-order valence-corrected chi connectivity index (χ0v) is 17.8. The van der Waals surface area contributed by atoms with Crippen molar-refractivity contribution in [2.45, 2.75) is 25.1 Å². The van der Waals surface area contributed by atoms with Gasteiger partial charge in [-0.05, 0) is 36.8 Å². The number of rotatable bonds is 6. The molecule has 2 aromatic carbocycles. The second-order valence-electron chi connectivity index (χ2n) is 8.02. The molecule has 7 nitrogen and oxygen atoms in total. The average Bonchev–Trinajstić information content (AvgIpc) is 3.26. The van der Waals surface area contributed by atoms with E-state index in [-0.39, 0.29) is 17.7 Å². The van der Waals surface area contributed by atoms with E-state index in [0.717, 1.165) is 18.3 Å². The van der Waals surface area contributed by atoms with Gasteiger partial charge in [0.25, 0.3) is 5.91 Å². The molecule has 1 amide bonds. The summed E-state index contributed by atoms with van der Waals surface area (Å²) >= 11 is 0. The Morgan fingerprint density at radius 2 is 1.88 bits per heavy atom. The molecular weight excluding hydrogens is 449 g/mol. The molecule has 0 saturated heterocycles. The van der Waals surface area contributed by atoms with Crippen LogP contribution in [0.2, 0.25) is 0 Å². The zero-order chi connectivity index (χ0) is 24.5. The number of aromatic amines is 1. The summed E-state index contributed by atoms with van der Waals surface area (Å²) in [6, 6.07) is 11.6. The van der Waals surface area contributed by atoms with Gasteiger partial charge in [0.2, 0.25) is 0 Å². The van der Waals surface area contributed by atoms with Gasteiger partial charge in [0.1, 0.15) is 12.0 Å². The number of aldehydes is 1. The van der Waals surface area contributed by atoms with Gasteiger partial charge in [0.05, 0.1) is 22.9 Å². The van der Waals surface area contributed by atoms with E-state index in [1.165, 1.54) is 19.2 Å². The zero-order valence-electron chi connectivity index (χ0n) is 17.8. The van der Waals surface area contributed by atoms with E-state index in [9.17, 15) is 27.9 Å². The second kappa shape index (κ2) is 8.71. The number of nitrogens with zero attached hydrogens (tertiary/aromatic N) is 2. The summed E-state index contributed by atoms with van der Waals surface area (Å²) in [6.45, 7) is 1.52. The molecular formula is C24H19F3N4O3. The number of carbonyl (C=O) groups excluding carboxylic acids is 2. The number of anilines is 1. The van der Waals surface area contributed by atoms with Crippen molar-refractivity contribution in [3.05, 3.63) is 88.9 Å². The fraction of sp³-hybridized carbons (Fsp3) is 0.167. The topological polar surface area (TPSA) is 108 Å². The number of alkyl halides is 3. The predicted octanol–water partition coefficient (Wildman–Crippen LogP) is 4.49. The summed E-state index contributed by atoms with van der Waals surface area (Å²) in [7, 11) is 0. The van der Waals surface area contributed by atoms with E-state index in [2.05, 4.69) is 20.5 Å². The lowest BCUT2D eigenvalue weighted by atomic mass is 9.87. The van der Waals surface area contributed by atoms with E-state index in [4.69, 9.17) is 0 Å². The number of amides is 1. The molecule has 4 rings (SSSR count). The summed E-state index contributed by atoms with van der Waals surface area (Å²) in [5, 5.41) is 21.1. The summed E-state index contributed by atoms with van der Waals surface area (Å²) in [5.74, 6) is -1.07. The van der Waals surface area contributed by atoms with Crippen LogP contribution in [0, 0.1) is 0 Å². The molecule has 4 aromatic rings. The number of carbonyl (C=O) groups is 2. The van der Waals surface area contributed by atoms with Crippen molar-refractivity contribution in [3.63, 3.8) is 0 Å². The van der Waals surface area contributed by atoms with Crippen LogP contribution in [0.15, 0.2) is 60.9 Å². The normalized spacial score (nSPS) is 13.4. The lowest BCUT2D eigenvalue weighted by Crippen LogP contribution is -2.27. The Morgan fingerprint density at radius 3 is 2.56 bits per heavy atom. The SMILES string of the molecule is CC(O)(Cc1ccc(C=O)cc1)c1cc2[nH]ncc2cc1NC(=O)c1ncccc1C(F)(F)F. The lowest BCUT2D eigenvalue weighted by molar-refractivity contribution is -0.138. The number of hydrogen-bond donors (Lipinski definition) is 3. The van der Waals surface area contributed by atoms with Crippen LogP contribution in [0.3, 0.4) is 0 Å². The Kier molecular flexibility index (Phi) is 5.92. The molecule has 0 aliphatic rings. The van der Waals surface area contributed by atoms with Gasteiger partial charge in [0.15, 0.2) is 0 Å². The van der Waals surface area contributed by atoms with E-state index in [1.807, 2.05) is 0 Å². The number of pyridine rings is 1. The first kappa shape index (κ1) is 23.1. The maximum absolute atomic E-state index is 13.4. The first-order chi connectivity index (χ1) is 16.1. The van der Waals surface area contributed by atoms with Crippen molar-refractivity contribution in [1.29, 1.82) is 0 Å². The minimum Gasteiger partial charge on any atom is -0.385 e. The fourth-order valence-electron chi connectivity index (χ4n) is 3.74. The molecule has 0 aliphatic carbocycles. The molecule has 1 atom stereocenters. The van der Waals surface area contributed by atoms with E-state index >= 15 is 0 Å². The quantitative estimate of drug-likeness (QED) is 0.362. The summed E-state index contributed by atoms with van der Waals surface area (Å²) in [5.41, 5.74) is -1.35. The summed E-state index contributed by atoms with van der Waals surface area (Å²) < 4.78 is 40.2. The van der Waals surface area contributed by atoms with Gasteiger partial charge in [-0.2, -0.15) is 18.3 Å². The minimum absolute atomic E-state index is 0.103. The van der Waals surface area contributed by atoms with Crippen LogP contribution < -0.4 is 5.32 Å². The van der Waals surface area contributed by atoms with Crippen LogP contribution in [0.1, 0.15) is 44.5 Å². The fourth-order valence-corrected chi connectivity index (χ4v) is 3.74. The van der Waals surface area contributed by atoms with Crippen LogP contribution in [0.5, 0.6) is 0 Å². The Morgan fingerprint density at radius 1 is 1.15 bits per heavy atom. The van der Waals surface area contributed by atoms with Gasteiger partial charge in [-0.1, -0.05) is 24.3 Å². The average molecular weight is 468 g/mol. The second-order valence-corrected chi connectivity index (χ2v) is 8.02. The van der Waals surface area contributed by atoms with Gasteiger partial charge in [-0.25, -0.2) is 0 Å². The molecule has 1 unspecified atom stereocenters. The maximum Gasteiger partial charge on any atom is 0.418 e. The smallest absolute Gasteiger partial charge is 0.385 e. The van der Waals surface area contributed by atoms with Gasteiger partial charge in [0, 0.05) is 34.8 Å². The van der Waals surface area contributed by atoms with E-state index < -0.39 is 28.9 Å². The lowest BCUT2D eigenvalue weighted by Gasteiger charge is -2.27. The number of hydrogen-bond acceptors (Lipinski definition) is 5. The number of nitrogens with one attached hydrogen (secondary N) is 2. The van der Waals surface area contributed by atoms with Crippen LogP contribution >= 0.6 is 0 Å². The molecule has 0 aliphatic heterocycles.